The fourth-order valence-electron chi connectivity index (χ4n) is 2.46. The fraction of sp³-hybridized carbons (Fsp3) is 0.438. The van der Waals surface area contributed by atoms with Crippen molar-refractivity contribution in [2.45, 2.75) is 31.8 Å². The molecule has 0 spiro atoms. The van der Waals surface area contributed by atoms with Gasteiger partial charge >= 0.3 is 6.03 Å². The number of hydrogen-bond acceptors (Lipinski definition) is 4. The van der Waals surface area contributed by atoms with Crippen LogP contribution in [0.1, 0.15) is 25.8 Å². The Morgan fingerprint density at radius 1 is 1.38 bits per heavy atom. The third kappa shape index (κ3) is 3.70. The van der Waals surface area contributed by atoms with Crippen molar-refractivity contribution in [3.05, 3.63) is 35.6 Å². The standard InChI is InChI=1S/C16H21FN4O3/c1-10(18)7-8-19-13(22)9-21-14(23)16(2,20-15(21)24)11-3-5-12(17)6-4-11/h3-6,10H,7-9,18H2,1-2H3,(H,19,22)(H,20,24). The first-order valence-electron chi connectivity index (χ1n) is 7.66. The van der Waals surface area contributed by atoms with E-state index in [0.717, 1.165) is 4.90 Å². The molecule has 0 bridgehead atoms. The van der Waals surface area contributed by atoms with E-state index in [0.29, 0.717) is 18.5 Å². The molecule has 7 nitrogen and oxygen atoms in total. The summed E-state index contributed by atoms with van der Waals surface area (Å²) in [6.07, 6.45) is 0.596. The summed E-state index contributed by atoms with van der Waals surface area (Å²) in [5.74, 6) is -1.44. The summed E-state index contributed by atoms with van der Waals surface area (Å²) in [6.45, 7) is 3.34. The Kier molecular flexibility index (Phi) is 5.18. The summed E-state index contributed by atoms with van der Waals surface area (Å²) >= 11 is 0. The summed E-state index contributed by atoms with van der Waals surface area (Å²) in [7, 11) is 0. The quantitative estimate of drug-likeness (QED) is 0.656. The van der Waals surface area contributed by atoms with Crippen LogP contribution in [0.25, 0.3) is 0 Å². The third-order valence-electron chi connectivity index (χ3n) is 3.92. The molecule has 2 atom stereocenters. The summed E-state index contributed by atoms with van der Waals surface area (Å²) in [6, 6.07) is 4.57. The van der Waals surface area contributed by atoms with E-state index in [-0.39, 0.29) is 12.6 Å². The summed E-state index contributed by atoms with van der Waals surface area (Å²) < 4.78 is 13.1. The number of halogens is 1. The van der Waals surface area contributed by atoms with Crippen LogP contribution in [0.2, 0.25) is 0 Å². The van der Waals surface area contributed by atoms with Crippen molar-refractivity contribution < 1.29 is 18.8 Å². The number of nitrogens with zero attached hydrogens (tertiary/aromatic N) is 1. The minimum atomic E-state index is -1.32. The average Bonchev–Trinajstić information content (AvgIpc) is 2.72. The van der Waals surface area contributed by atoms with Crippen LogP contribution in [0.3, 0.4) is 0 Å². The van der Waals surface area contributed by atoms with Crippen molar-refractivity contribution >= 4 is 17.8 Å². The molecule has 1 fully saturated rings. The molecule has 1 heterocycles. The highest BCUT2D eigenvalue weighted by Crippen LogP contribution is 2.28. The molecule has 0 aliphatic carbocycles. The Labute approximate surface area is 139 Å². The number of urea groups is 1. The van der Waals surface area contributed by atoms with Crippen LogP contribution in [0, 0.1) is 5.82 Å². The molecule has 8 heteroatoms. The lowest BCUT2D eigenvalue weighted by Crippen LogP contribution is -2.43. The van der Waals surface area contributed by atoms with E-state index in [1.807, 2.05) is 6.92 Å². The van der Waals surface area contributed by atoms with Crippen molar-refractivity contribution in [1.29, 1.82) is 0 Å². The highest BCUT2D eigenvalue weighted by atomic mass is 19.1. The predicted octanol–water partition coefficient (Wildman–Crippen LogP) is 0.446. The molecule has 2 rings (SSSR count). The number of carbonyl (C=O) groups excluding carboxylic acids is 3. The van der Waals surface area contributed by atoms with E-state index < -0.39 is 29.2 Å². The predicted molar refractivity (Wildman–Crippen MR) is 85.3 cm³/mol. The van der Waals surface area contributed by atoms with Gasteiger partial charge in [-0.15, -0.1) is 0 Å². The van der Waals surface area contributed by atoms with Gasteiger partial charge in [0, 0.05) is 12.6 Å². The Morgan fingerprint density at radius 3 is 2.58 bits per heavy atom. The van der Waals surface area contributed by atoms with Gasteiger partial charge < -0.3 is 16.4 Å². The van der Waals surface area contributed by atoms with Gasteiger partial charge in [-0.3, -0.25) is 14.5 Å². The number of nitrogens with two attached hydrogens (primary N) is 1. The number of carbonyl (C=O) groups is 3. The molecule has 4 N–H and O–H groups in total. The van der Waals surface area contributed by atoms with E-state index >= 15 is 0 Å². The number of rotatable bonds is 6. The smallest absolute Gasteiger partial charge is 0.325 e. The van der Waals surface area contributed by atoms with Gasteiger partial charge in [0.1, 0.15) is 17.9 Å². The minimum absolute atomic E-state index is 0.0521. The van der Waals surface area contributed by atoms with Gasteiger partial charge in [-0.25, -0.2) is 9.18 Å². The normalized spacial score (nSPS) is 21.6. The van der Waals surface area contributed by atoms with E-state index in [2.05, 4.69) is 10.6 Å². The Balaban J connectivity index is 2.05. The monoisotopic (exact) mass is 336 g/mol. The molecule has 0 aromatic heterocycles. The largest absolute Gasteiger partial charge is 0.354 e. The van der Waals surface area contributed by atoms with Gasteiger partial charge in [0.2, 0.25) is 5.91 Å². The maximum atomic E-state index is 13.1. The second-order valence-corrected chi connectivity index (χ2v) is 6.07. The van der Waals surface area contributed by atoms with Crippen molar-refractivity contribution in [3.8, 4) is 0 Å². The fourth-order valence-corrected chi connectivity index (χ4v) is 2.46. The van der Waals surface area contributed by atoms with Crippen LogP contribution in [0.4, 0.5) is 9.18 Å². The molecule has 24 heavy (non-hydrogen) atoms. The number of nitrogens with one attached hydrogen (secondary N) is 2. The number of imide groups is 1. The lowest BCUT2D eigenvalue weighted by Gasteiger charge is -2.22. The first-order valence-corrected chi connectivity index (χ1v) is 7.66. The van der Waals surface area contributed by atoms with Crippen molar-refractivity contribution in [2.75, 3.05) is 13.1 Å². The molecule has 1 aliphatic rings. The maximum Gasteiger partial charge on any atom is 0.325 e. The van der Waals surface area contributed by atoms with Crippen molar-refractivity contribution in [3.63, 3.8) is 0 Å². The number of amides is 4. The van der Waals surface area contributed by atoms with Gasteiger partial charge in [-0.05, 0) is 38.0 Å². The Morgan fingerprint density at radius 2 is 2.00 bits per heavy atom. The van der Waals surface area contributed by atoms with Crippen LogP contribution < -0.4 is 16.4 Å². The second-order valence-electron chi connectivity index (χ2n) is 6.07. The summed E-state index contributed by atoms with van der Waals surface area (Å²) in [4.78, 5) is 37.4. The van der Waals surface area contributed by atoms with Gasteiger partial charge in [-0.1, -0.05) is 12.1 Å². The van der Waals surface area contributed by atoms with Crippen LogP contribution in [0.5, 0.6) is 0 Å². The van der Waals surface area contributed by atoms with Crippen molar-refractivity contribution in [1.82, 2.24) is 15.5 Å². The van der Waals surface area contributed by atoms with Crippen LogP contribution in [0.15, 0.2) is 24.3 Å². The highest BCUT2D eigenvalue weighted by Gasteiger charge is 2.49. The minimum Gasteiger partial charge on any atom is -0.354 e. The molecule has 1 aromatic rings. The molecular weight excluding hydrogens is 315 g/mol. The lowest BCUT2D eigenvalue weighted by atomic mass is 9.92. The molecule has 1 saturated heterocycles. The van der Waals surface area contributed by atoms with Gasteiger partial charge in [0.15, 0.2) is 0 Å². The van der Waals surface area contributed by atoms with E-state index in [1.54, 1.807) is 0 Å². The molecule has 130 valence electrons. The lowest BCUT2D eigenvalue weighted by molar-refractivity contribution is -0.134. The Bertz CT molecular complexity index is 647. The molecule has 1 aromatic carbocycles. The SMILES string of the molecule is CC(N)CCNC(=O)CN1C(=O)NC(C)(c2ccc(F)cc2)C1=O. The van der Waals surface area contributed by atoms with Crippen molar-refractivity contribution in [2.24, 2.45) is 5.73 Å². The highest BCUT2D eigenvalue weighted by molar-refractivity contribution is 6.09. The van der Waals surface area contributed by atoms with Crippen LogP contribution in [-0.4, -0.2) is 41.9 Å². The molecule has 4 amide bonds. The zero-order chi connectivity index (χ0) is 17.9. The Hall–Kier alpha value is -2.48. The molecule has 0 saturated carbocycles. The van der Waals surface area contributed by atoms with Gasteiger partial charge in [-0.2, -0.15) is 0 Å². The van der Waals surface area contributed by atoms with Gasteiger partial charge in [0.25, 0.3) is 5.91 Å². The maximum absolute atomic E-state index is 13.1. The molecular formula is C16H21FN4O3. The molecule has 2 unspecified atom stereocenters. The second kappa shape index (κ2) is 6.96. The average molecular weight is 336 g/mol. The zero-order valence-corrected chi connectivity index (χ0v) is 13.6. The molecule has 0 radical (unpaired) electrons. The zero-order valence-electron chi connectivity index (χ0n) is 13.6. The van der Waals surface area contributed by atoms with Gasteiger partial charge in [0.05, 0.1) is 0 Å². The van der Waals surface area contributed by atoms with E-state index in [1.165, 1.54) is 31.2 Å². The van der Waals surface area contributed by atoms with E-state index in [4.69, 9.17) is 5.73 Å². The topological polar surface area (TPSA) is 105 Å². The number of hydrogen-bond donors (Lipinski definition) is 3. The summed E-state index contributed by atoms with van der Waals surface area (Å²) in [5, 5.41) is 5.17. The number of benzene rings is 1. The van der Waals surface area contributed by atoms with Crippen LogP contribution >= 0.6 is 0 Å². The third-order valence-corrected chi connectivity index (χ3v) is 3.92. The first kappa shape index (κ1) is 17.9. The molecule has 1 aliphatic heterocycles. The van der Waals surface area contributed by atoms with Crippen LogP contribution in [-0.2, 0) is 15.1 Å². The van der Waals surface area contributed by atoms with E-state index in [9.17, 15) is 18.8 Å². The first-order chi connectivity index (χ1) is 11.2. The summed E-state index contributed by atoms with van der Waals surface area (Å²) in [5.41, 5.74) is 4.71.